The first-order valence-electron chi connectivity index (χ1n) is 7.05. The maximum absolute atomic E-state index is 12.0. The molecular weight excluding hydrogens is 298 g/mol. The zero-order valence-corrected chi connectivity index (χ0v) is 13.3. The molecule has 0 aliphatic heterocycles. The normalized spacial score (nSPS) is 11.1. The van der Waals surface area contributed by atoms with Crippen molar-refractivity contribution in [3.8, 4) is 0 Å². The second kappa shape index (κ2) is 6.51. The van der Waals surface area contributed by atoms with E-state index in [2.05, 4.69) is 17.0 Å². The van der Waals surface area contributed by atoms with Crippen LogP contribution in [0.1, 0.15) is 31.1 Å². The summed E-state index contributed by atoms with van der Waals surface area (Å²) in [6.07, 6.45) is 3.96. The van der Waals surface area contributed by atoms with Gasteiger partial charge in [-0.15, -0.1) is 0 Å². The van der Waals surface area contributed by atoms with Crippen LogP contribution in [0, 0.1) is 0 Å². The standard InChI is InChI=1S/C16H19N3O4/c1-5-8-22-14(20)12-10-17-19-7-6-11(9-13(12)19)18-15(21)23-16(2,3)4/h5-7,9-10H,1,8H2,2-4H3,(H,18,21). The van der Waals surface area contributed by atoms with Crippen molar-refractivity contribution < 1.29 is 19.1 Å². The molecule has 7 heteroatoms. The van der Waals surface area contributed by atoms with Crippen LogP contribution in [0.5, 0.6) is 0 Å². The zero-order valence-electron chi connectivity index (χ0n) is 13.3. The fourth-order valence-electron chi connectivity index (χ4n) is 1.85. The molecular formula is C16H19N3O4. The number of hydrogen-bond acceptors (Lipinski definition) is 5. The number of carbonyl (C=O) groups is 2. The minimum atomic E-state index is -0.593. The van der Waals surface area contributed by atoms with Crippen LogP contribution in [0.15, 0.2) is 37.2 Å². The highest BCUT2D eigenvalue weighted by Crippen LogP contribution is 2.18. The summed E-state index contributed by atoms with van der Waals surface area (Å²) >= 11 is 0. The molecule has 0 bridgehead atoms. The predicted octanol–water partition coefficient (Wildman–Crippen LogP) is 3.02. The third-order valence-corrected chi connectivity index (χ3v) is 2.72. The molecule has 1 amide bonds. The Morgan fingerprint density at radius 1 is 1.43 bits per heavy atom. The highest BCUT2D eigenvalue weighted by molar-refractivity contribution is 5.98. The van der Waals surface area contributed by atoms with E-state index in [4.69, 9.17) is 9.47 Å². The number of nitrogens with one attached hydrogen (secondary N) is 1. The Hall–Kier alpha value is -2.83. The summed E-state index contributed by atoms with van der Waals surface area (Å²) in [5, 5.41) is 6.69. The molecule has 0 aromatic carbocycles. The van der Waals surface area contributed by atoms with Gasteiger partial charge in [-0.1, -0.05) is 12.7 Å². The van der Waals surface area contributed by atoms with Crippen molar-refractivity contribution in [3.63, 3.8) is 0 Å². The van der Waals surface area contributed by atoms with Crippen molar-refractivity contribution in [2.45, 2.75) is 26.4 Å². The summed E-state index contributed by atoms with van der Waals surface area (Å²) in [7, 11) is 0. The van der Waals surface area contributed by atoms with Gasteiger partial charge in [0.2, 0.25) is 0 Å². The molecule has 23 heavy (non-hydrogen) atoms. The van der Waals surface area contributed by atoms with Gasteiger partial charge < -0.3 is 9.47 Å². The van der Waals surface area contributed by atoms with Crippen LogP contribution >= 0.6 is 0 Å². The quantitative estimate of drug-likeness (QED) is 0.692. The Kier molecular flexibility index (Phi) is 4.68. The highest BCUT2D eigenvalue weighted by atomic mass is 16.6. The fraction of sp³-hybridized carbons (Fsp3) is 0.312. The van der Waals surface area contributed by atoms with Gasteiger partial charge in [0.25, 0.3) is 0 Å². The number of amides is 1. The molecule has 0 radical (unpaired) electrons. The number of fused-ring (bicyclic) bond motifs is 1. The zero-order chi connectivity index (χ0) is 17.0. The van der Waals surface area contributed by atoms with Crippen molar-refractivity contribution in [3.05, 3.63) is 42.7 Å². The summed E-state index contributed by atoms with van der Waals surface area (Å²) in [4.78, 5) is 23.8. The molecule has 0 aliphatic rings. The second-order valence-corrected chi connectivity index (χ2v) is 5.82. The van der Waals surface area contributed by atoms with Gasteiger partial charge in [0, 0.05) is 11.9 Å². The van der Waals surface area contributed by atoms with Crippen LogP contribution in [-0.4, -0.2) is 33.9 Å². The average Bonchev–Trinajstić information content (AvgIpc) is 2.85. The van der Waals surface area contributed by atoms with Crippen molar-refractivity contribution in [2.75, 3.05) is 11.9 Å². The van der Waals surface area contributed by atoms with Gasteiger partial charge >= 0.3 is 12.1 Å². The van der Waals surface area contributed by atoms with Gasteiger partial charge in [0.1, 0.15) is 17.8 Å². The molecule has 0 spiro atoms. The molecule has 0 fully saturated rings. The molecule has 0 atom stereocenters. The first-order chi connectivity index (χ1) is 10.8. The van der Waals surface area contributed by atoms with Crippen LogP contribution in [0.4, 0.5) is 10.5 Å². The first-order valence-corrected chi connectivity index (χ1v) is 7.05. The number of carbonyl (C=O) groups excluding carboxylic acids is 2. The van der Waals surface area contributed by atoms with Gasteiger partial charge in [-0.3, -0.25) is 5.32 Å². The van der Waals surface area contributed by atoms with E-state index in [9.17, 15) is 9.59 Å². The Morgan fingerprint density at radius 3 is 2.83 bits per heavy atom. The number of ether oxygens (including phenoxy) is 2. The largest absolute Gasteiger partial charge is 0.458 e. The fourth-order valence-corrected chi connectivity index (χ4v) is 1.85. The van der Waals surface area contributed by atoms with Gasteiger partial charge in [-0.25, -0.2) is 14.1 Å². The number of anilines is 1. The molecule has 2 heterocycles. The van der Waals surface area contributed by atoms with Crippen LogP contribution in [0.25, 0.3) is 5.52 Å². The van der Waals surface area contributed by atoms with Gasteiger partial charge in [0.15, 0.2) is 0 Å². The summed E-state index contributed by atoms with van der Waals surface area (Å²) in [6, 6.07) is 3.28. The number of hydrogen-bond donors (Lipinski definition) is 1. The summed E-state index contributed by atoms with van der Waals surface area (Å²) in [5.41, 5.74) is 0.724. The maximum atomic E-state index is 12.0. The van der Waals surface area contributed by atoms with Crippen LogP contribution < -0.4 is 5.32 Å². The van der Waals surface area contributed by atoms with E-state index in [0.717, 1.165) is 0 Å². The maximum Gasteiger partial charge on any atom is 0.412 e. The number of nitrogens with zero attached hydrogens (tertiary/aromatic N) is 2. The highest BCUT2D eigenvalue weighted by Gasteiger charge is 2.18. The Bertz CT molecular complexity index is 743. The topological polar surface area (TPSA) is 81.9 Å². The van der Waals surface area contributed by atoms with E-state index in [1.165, 1.54) is 16.8 Å². The lowest BCUT2D eigenvalue weighted by atomic mass is 10.2. The van der Waals surface area contributed by atoms with Gasteiger partial charge in [-0.2, -0.15) is 5.10 Å². The Balaban J connectivity index is 2.22. The molecule has 0 saturated heterocycles. The number of rotatable bonds is 4. The minimum Gasteiger partial charge on any atom is -0.458 e. The van der Waals surface area contributed by atoms with E-state index in [1.54, 1.807) is 39.1 Å². The van der Waals surface area contributed by atoms with Crippen LogP contribution in [0.3, 0.4) is 0 Å². The second-order valence-electron chi connectivity index (χ2n) is 5.82. The number of esters is 1. The molecule has 0 aliphatic carbocycles. The monoisotopic (exact) mass is 317 g/mol. The summed E-state index contributed by atoms with van der Waals surface area (Å²) in [5.74, 6) is -0.505. The molecule has 2 aromatic heterocycles. The molecule has 0 saturated carbocycles. The molecule has 7 nitrogen and oxygen atoms in total. The smallest absolute Gasteiger partial charge is 0.412 e. The van der Waals surface area contributed by atoms with Gasteiger partial charge in [0.05, 0.1) is 11.7 Å². The number of pyridine rings is 1. The van der Waals surface area contributed by atoms with E-state index in [-0.39, 0.29) is 6.61 Å². The minimum absolute atomic E-state index is 0.117. The Morgan fingerprint density at radius 2 is 2.17 bits per heavy atom. The van der Waals surface area contributed by atoms with E-state index in [0.29, 0.717) is 16.8 Å². The first kappa shape index (κ1) is 16.5. The van der Waals surface area contributed by atoms with Crippen molar-refractivity contribution in [1.29, 1.82) is 0 Å². The van der Waals surface area contributed by atoms with E-state index >= 15 is 0 Å². The van der Waals surface area contributed by atoms with Crippen molar-refractivity contribution in [2.24, 2.45) is 0 Å². The Labute approximate surface area is 133 Å². The SMILES string of the molecule is C=CCOC(=O)c1cnn2ccc(NC(=O)OC(C)(C)C)cc12. The van der Waals surface area contributed by atoms with Crippen molar-refractivity contribution in [1.82, 2.24) is 9.61 Å². The molecule has 2 rings (SSSR count). The van der Waals surface area contributed by atoms with Gasteiger partial charge in [-0.05, 0) is 32.9 Å². The summed E-state index contributed by atoms with van der Waals surface area (Å²) < 4.78 is 11.7. The lowest BCUT2D eigenvalue weighted by molar-refractivity contribution is 0.0551. The van der Waals surface area contributed by atoms with E-state index < -0.39 is 17.7 Å². The summed E-state index contributed by atoms with van der Waals surface area (Å²) in [6.45, 7) is 8.94. The molecule has 1 N–H and O–H groups in total. The van der Waals surface area contributed by atoms with Crippen LogP contribution in [0.2, 0.25) is 0 Å². The lowest BCUT2D eigenvalue weighted by Crippen LogP contribution is -2.27. The van der Waals surface area contributed by atoms with Crippen molar-refractivity contribution >= 4 is 23.3 Å². The average molecular weight is 317 g/mol. The van der Waals surface area contributed by atoms with Crippen LogP contribution in [-0.2, 0) is 9.47 Å². The third-order valence-electron chi connectivity index (χ3n) is 2.72. The number of aromatic nitrogens is 2. The molecule has 0 unspecified atom stereocenters. The molecule has 2 aromatic rings. The molecule has 122 valence electrons. The predicted molar refractivity (Wildman–Crippen MR) is 85.5 cm³/mol. The third kappa shape index (κ3) is 4.32. The van der Waals surface area contributed by atoms with E-state index in [1.807, 2.05) is 0 Å². The lowest BCUT2D eigenvalue weighted by Gasteiger charge is -2.19.